The molecule has 114 valence electrons. The van der Waals surface area contributed by atoms with Crippen molar-refractivity contribution in [1.29, 1.82) is 0 Å². The van der Waals surface area contributed by atoms with Gasteiger partial charge in [-0.25, -0.2) is 0 Å². The van der Waals surface area contributed by atoms with Gasteiger partial charge in [0, 0.05) is 31.6 Å². The Labute approximate surface area is 120 Å². The Morgan fingerprint density at radius 2 is 1.80 bits per heavy atom. The third-order valence-electron chi connectivity index (χ3n) is 4.92. The Morgan fingerprint density at radius 3 is 2.30 bits per heavy atom. The van der Waals surface area contributed by atoms with Crippen molar-refractivity contribution in [3.8, 4) is 0 Å². The normalized spacial score (nSPS) is 25.7. The topological polar surface area (TPSA) is 82.2 Å². The van der Waals surface area contributed by atoms with Gasteiger partial charge >= 0.3 is 0 Å². The van der Waals surface area contributed by atoms with Crippen LogP contribution in [0.1, 0.15) is 39.5 Å². The zero-order chi connectivity index (χ0) is 14.8. The van der Waals surface area contributed by atoms with E-state index < -0.39 is 0 Å². The van der Waals surface area contributed by atoms with E-state index in [9.17, 15) is 4.79 Å². The van der Waals surface area contributed by atoms with E-state index in [1.165, 1.54) is 12.8 Å². The lowest BCUT2D eigenvalue weighted by atomic mass is 9.87. The second-order valence-electron chi connectivity index (χ2n) is 6.30. The first-order valence-corrected chi connectivity index (χ1v) is 7.49. The Kier molecular flexibility index (Phi) is 4.52. The van der Waals surface area contributed by atoms with Crippen LogP contribution in [0.15, 0.2) is 5.16 Å². The minimum absolute atomic E-state index is 0.0840. The average Bonchev–Trinajstić information content (AvgIpc) is 2.93. The Balaban J connectivity index is 1.89. The molecule has 0 aromatic carbocycles. The molecule has 1 amide bonds. The fourth-order valence-electron chi connectivity index (χ4n) is 3.33. The maximum atomic E-state index is 12.6. The van der Waals surface area contributed by atoms with Gasteiger partial charge in [-0.05, 0) is 19.8 Å². The number of oxime groups is 1. The molecule has 6 heteroatoms. The van der Waals surface area contributed by atoms with Gasteiger partial charge < -0.3 is 15.8 Å². The molecule has 2 rings (SSSR count). The van der Waals surface area contributed by atoms with Gasteiger partial charge in [0.25, 0.3) is 0 Å². The van der Waals surface area contributed by atoms with E-state index in [2.05, 4.69) is 17.0 Å². The summed E-state index contributed by atoms with van der Waals surface area (Å²) >= 11 is 0. The van der Waals surface area contributed by atoms with Gasteiger partial charge in [0.1, 0.15) is 0 Å². The summed E-state index contributed by atoms with van der Waals surface area (Å²) in [4.78, 5) is 16.7. The molecule has 0 radical (unpaired) electrons. The summed E-state index contributed by atoms with van der Waals surface area (Å²) < 4.78 is 0. The lowest BCUT2D eigenvalue weighted by molar-refractivity contribution is -0.142. The predicted molar refractivity (Wildman–Crippen MR) is 77.6 cm³/mol. The molecule has 2 aliphatic rings. The summed E-state index contributed by atoms with van der Waals surface area (Å²) in [5.74, 6) is 0.540. The highest BCUT2D eigenvalue weighted by atomic mass is 16.4. The summed E-state index contributed by atoms with van der Waals surface area (Å²) in [7, 11) is 0. The molecule has 6 nitrogen and oxygen atoms in total. The number of hydrogen-bond donors (Lipinski definition) is 2. The fourth-order valence-corrected chi connectivity index (χ4v) is 3.33. The molecule has 1 heterocycles. The first kappa shape index (κ1) is 15.1. The molecular weight excluding hydrogens is 256 g/mol. The number of amides is 1. The van der Waals surface area contributed by atoms with Gasteiger partial charge in [0.2, 0.25) is 5.91 Å². The minimum atomic E-state index is -0.140. The second-order valence-corrected chi connectivity index (χ2v) is 6.30. The van der Waals surface area contributed by atoms with Gasteiger partial charge in [0.15, 0.2) is 5.84 Å². The number of carbonyl (C=O) groups excluding carboxylic acids is 1. The smallest absolute Gasteiger partial charge is 0.228 e. The quantitative estimate of drug-likeness (QED) is 0.348. The van der Waals surface area contributed by atoms with Crippen molar-refractivity contribution in [3.05, 3.63) is 0 Å². The van der Waals surface area contributed by atoms with Crippen LogP contribution >= 0.6 is 0 Å². The summed E-state index contributed by atoms with van der Waals surface area (Å²) in [5.41, 5.74) is 5.50. The number of amidine groups is 1. The minimum Gasteiger partial charge on any atom is -0.409 e. The van der Waals surface area contributed by atoms with Gasteiger partial charge in [-0.1, -0.05) is 24.9 Å². The third kappa shape index (κ3) is 2.90. The lowest BCUT2D eigenvalue weighted by Crippen LogP contribution is -2.56. The van der Waals surface area contributed by atoms with E-state index >= 15 is 0 Å². The zero-order valence-corrected chi connectivity index (χ0v) is 12.5. The van der Waals surface area contributed by atoms with E-state index in [-0.39, 0.29) is 17.3 Å². The van der Waals surface area contributed by atoms with Crippen molar-refractivity contribution < 1.29 is 10.0 Å². The number of nitrogens with zero attached hydrogens (tertiary/aromatic N) is 3. The van der Waals surface area contributed by atoms with Gasteiger partial charge in [-0.15, -0.1) is 0 Å². The molecule has 1 aliphatic heterocycles. The Hall–Kier alpha value is -1.30. The molecule has 3 N–H and O–H groups in total. The van der Waals surface area contributed by atoms with Gasteiger partial charge in [-0.3, -0.25) is 9.69 Å². The maximum Gasteiger partial charge on any atom is 0.228 e. The highest BCUT2D eigenvalue weighted by Crippen LogP contribution is 2.39. The summed E-state index contributed by atoms with van der Waals surface area (Å²) in [6.45, 7) is 7.05. The first-order valence-electron chi connectivity index (χ1n) is 7.49. The Morgan fingerprint density at radius 1 is 1.25 bits per heavy atom. The molecule has 0 aromatic heterocycles. The summed E-state index contributed by atoms with van der Waals surface area (Å²) in [6, 6.07) is -0.0840. The largest absolute Gasteiger partial charge is 0.409 e. The van der Waals surface area contributed by atoms with Crippen molar-refractivity contribution in [2.24, 2.45) is 16.3 Å². The van der Waals surface area contributed by atoms with Crippen molar-refractivity contribution >= 4 is 11.7 Å². The van der Waals surface area contributed by atoms with Crippen molar-refractivity contribution in [3.63, 3.8) is 0 Å². The third-order valence-corrected chi connectivity index (χ3v) is 4.92. The van der Waals surface area contributed by atoms with Gasteiger partial charge in [-0.2, -0.15) is 0 Å². The van der Waals surface area contributed by atoms with Crippen LogP contribution in [0.4, 0.5) is 0 Å². The van der Waals surface area contributed by atoms with E-state index in [0.29, 0.717) is 5.91 Å². The Bertz CT molecular complexity index is 383. The number of carbonyl (C=O) groups is 1. The molecule has 1 unspecified atom stereocenters. The molecule has 1 saturated carbocycles. The molecule has 20 heavy (non-hydrogen) atoms. The molecule has 1 atom stereocenters. The highest BCUT2D eigenvalue weighted by Gasteiger charge is 2.40. The van der Waals surface area contributed by atoms with Crippen molar-refractivity contribution in [2.75, 3.05) is 26.2 Å². The van der Waals surface area contributed by atoms with Crippen LogP contribution < -0.4 is 5.73 Å². The molecule has 0 bridgehead atoms. The van der Waals surface area contributed by atoms with Crippen LogP contribution in [0.2, 0.25) is 0 Å². The van der Waals surface area contributed by atoms with E-state index in [1.54, 1.807) is 0 Å². The van der Waals surface area contributed by atoms with E-state index in [1.807, 2.05) is 11.8 Å². The van der Waals surface area contributed by atoms with Gasteiger partial charge in [0.05, 0.1) is 6.04 Å². The predicted octanol–water partition coefficient (Wildman–Crippen LogP) is 0.846. The fraction of sp³-hybridized carbons (Fsp3) is 0.857. The maximum absolute atomic E-state index is 12.6. The van der Waals surface area contributed by atoms with Crippen molar-refractivity contribution in [2.45, 2.75) is 45.6 Å². The van der Waals surface area contributed by atoms with Crippen LogP contribution in [0, 0.1) is 5.41 Å². The number of piperazine rings is 1. The number of rotatable bonds is 3. The number of nitrogens with two attached hydrogens (primary N) is 1. The van der Waals surface area contributed by atoms with Crippen molar-refractivity contribution in [1.82, 2.24) is 9.80 Å². The van der Waals surface area contributed by atoms with Crippen LogP contribution in [-0.2, 0) is 4.79 Å². The first-order chi connectivity index (χ1) is 9.48. The second kappa shape index (κ2) is 5.99. The highest BCUT2D eigenvalue weighted by molar-refractivity contribution is 5.85. The zero-order valence-electron chi connectivity index (χ0n) is 12.5. The van der Waals surface area contributed by atoms with Crippen LogP contribution in [-0.4, -0.2) is 59.0 Å². The van der Waals surface area contributed by atoms with Crippen LogP contribution in [0.5, 0.6) is 0 Å². The summed E-state index contributed by atoms with van der Waals surface area (Å²) in [5, 5.41) is 11.8. The van der Waals surface area contributed by atoms with Crippen LogP contribution in [0.3, 0.4) is 0 Å². The number of hydrogen-bond acceptors (Lipinski definition) is 4. The SMILES string of the molecule is CC(C(N)=NO)N1CCN(C(=O)C2(C)CCCC2)CC1. The van der Waals surface area contributed by atoms with E-state index in [4.69, 9.17) is 10.9 Å². The summed E-state index contributed by atoms with van der Waals surface area (Å²) in [6.07, 6.45) is 4.38. The molecule has 0 spiro atoms. The molecule has 0 aromatic rings. The molecule has 1 saturated heterocycles. The average molecular weight is 282 g/mol. The standard InChI is InChI=1S/C14H26N4O2/c1-11(12(15)16-20)17-7-9-18(10-8-17)13(19)14(2)5-3-4-6-14/h11,20H,3-10H2,1-2H3,(H2,15,16). The lowest BCUT2D eigenvalue weighted by Gasteiger charge is -2.40. The monoisotopic (exact) mass is 282 g/mol. The molecular formula is C14H26N4O2. The molecule has 2 fully saturated rings. The molecule has 1 aliphatic carbocycles. The van der Waals surface area contributed by atoms with E-state index in [0.717, 1.165) is 39.0 Å². The van der Waals surface area contributed by atoms with Crippen LogP contribution in [0.25, 0.3) is 0 Å².